The molecule has 1 aromatic carbocycles. The van der Waals surface area contributed by atoms with Gasteiger partial charge in [-0.25, -0.2) is 0 Å². The van der Waals surface area contributed by atoms with Crippen molar-refractivity contribution in [1.29, 1.82) is 0 Å². The summed E-state index contributed by atoms with van der Waals surface area (Å²) in [6, 6.07) is 9.30. The molecule has 1 atom stereocenters. The molecule has 0 amide bonds. The Kier molecular flexibility index (Phi) is 7.59. The third kappa shape index (κ3) is 6.29. The molecule has 1 rings (SSSR count). The lowest BCUT2D eigenvalue weighted by Crippen LogP contribution is -2.18. The van der Waals surface area contributed by atoms with Crippen LogP contribution in [0.15, 0.2) is 30.3 Å². The molecular formula is C13H20ClNO2. The Bertz CT molecular complexity index is 327. The number of esters is 1. The lowest BCUT2D eigenvalue weighted by molar-refractivity contribution is -0.145. The highest BCUT2D eigenvalue weighted by Gasteiger charge is 2.12. The van der Waals surface area contributed by atoms with Crippen molar-refractivity contribution in [3.63, 3.8) is 0 Å². The number of nitrogens with two attached hydrogens (primary N) is 1. The van der Waals surface area contributed by atoms with Crippen molar-refractivity contribution in [2.45, 2.75) is 26.3 Å². The van der Waals surface area contributed by atoms with Crippen molar-refractivity contribution in [2.75, 3.05) is 6.61 Å². The normalized spacial score (nSPS) is 11.8. The van der Waals surface area contributed by atoms with Crippen molar-refractivity contribution < 1.29 is 9.53 Å². The smallest absolute Gasteiger partial charge is 0.307 e. The first kappa shape index (κ1) is 15.9. The largest absolute Gasteiger partial charge is 0.465 e. The first-order valence-electron chi connectivity index (χ1n) is 5.55. The number of halogens is 1. The quantitative estimate of drug-likeness (QED) is 0.826. The third-order valence-corrected chi connectivity index (χ3v) is 2.19. The Labute approximate surface area is 109 Å². The second-order valence-electron chi connectivity index (χ2n) is 4.30. The van der Waals surface area contributed by atoms with Gasteiger partial charge in [-0.05, 0) is 11.5 Å². The van der Waals surface area contributed by atoms with Crippen LogP contribution in [0, 0.1) is 5.92 Å². The summed E-state index contributed by atoms with van der Waals surface area (Å²) in [6.45, 7) is 4.47. The summed E-state index contributed by atoms with van der Waals surface area (Å²) in [7, 11) is 0. The third-order valence-electron chi connectivity index (χ3n) is 2.19. The molecule has 96 valence electrons. The van der Waals surface area contributed by atoms with E-state index in [-0.39, 0.29) is 30.8 Å². The van der Waals surface area contributed by atoms with Crippen LogP contribution < -0.4 is 5.73 Å². The summed E-state index contributed by atoms with van der Waals surface area (Å²) in [5.41, 5.74) is 6.86. The van der Waals surface area contributed by atoms with Gasteiger partial charge in [-0.2, -0.15) is 0 Å². The van der Waals surface area contributed by atoms with Crippen LogP contribution in [0.2, 0.25) is 0 Å². The van der Waals surface area contributed by atoms with E-state index in [2.05, 4.69) is 0 Å². The van der Waals surface area contributed by atoms with Crippen LogP contribution in [0.3, 0.4) is 0 Å². The molecule has 0 bridgehead atoms. The topological polar surface area (TPSA) is 52.3 Å². The number of ether oxygens (including phenoxy) is 1. The van der Waals surface area contributed by atoms with Crippen molar-refractivity contribution >= 4 is 18.4 Å². The van der Waals surface area contributed by atoms with Gasteiger partial charge in [0.15, 0.2) is 0 Å². The van der Waals surface area contributed by atoms with Gasteiger partial charge in [-0.3, -0.25) is 4.79 Å². The van der Waals surface area contributed by atoms with Crippen LogP contribution in [0.25, 0.3) is 0 Å². The van der Waals surface area contributed by atoms with E-state index in [0.29, 0.717) is 12.5 Å². The molecule has 17 heavy (non-hydrogen) atoms. The highest BCUT2D eigenvalue weighted by atomic mass is 35.5. The summed E-state index contributed by atoms with van der Waals surface area (Å²) in [4.78, 5) is 11.4. The van der Waals surface area contributed by atoms with Gasteiger partial charge in [0.2, 0.25) is 0 Å². The maximum atomic E-state index is 11.4. The van der Waals surface area contributed by atoms with Crippen molar-refractivity contribution in [3.8, 4) is 0 Å². The fourth-order valence-corrected chi connectivity index (χ4v) is 1.32. The van der Waals surface area contributed by atoms with Gasteiger partial charge in [0.1, 0.15) is 0 Å². The molecule has 0 fully saturated rings. The van der Waals surface area contributed by atoms with Gasteiger partial charge < -0.3 is 10.5 Å². The SMILES string of the molecule is CC(C)COC(=O)CC(N)c1ccccc1.Cl. The monoisotopic (exact) mass is 257 g/mol. The molecule has 1 unspecified atom stereocenters. The van der Waals surface area contributed by atoms with Crippen molar-refractivity contribution in [1.82, 2.24) is 0 Å². The summed E-state index contributed by atoms with van der Waals surface area (Å²) in [5.74, 6) is 0.127. The molecule has 4 heteroatoms. The Morgan fingerprint density at radius 3 is 2.41 bits per heavy atom. The van der Waals surface area contributed by atoms with Crippen LogP contribution >= 0.6 is 12.4 Å². The second-order valence-corrected chi connectivity index (χ2v) is 4.30. The summed E-state index contributed by atoms with van der Waals surface area (Å²) in [6.07, 6.45) is 0.233. The molecule has 2 N–H and O–H groups in total. The van der Waals surface area contributed by atoms with Crippen molar-refractivity contribution in [2.24, 2.45) is 11.7 Å². The average Bonchev–Trinajstić information content (AvgIpc) is 2.27. The molecule has 0 aliphatic heterocycles. The highest BCUT2D eigenvalue weighted by Crippen LogP contribution is 2.13. The number of carbonyl (C=O) groups is 1. The lowest BCUT2D eigenvalue weighted by atomic mass is 10.1. The molecule has 0 radical (unpaired) electrons. The standard InChI is InChI=1S/C13H19NO2.ClH/c1-10(2)9-16-13(15)8-12(14)11-6-4-3-5-7-11;/h3-7,10,12H,8-9,14H2,1-2H3;1H. The van der Waals surface area contributed by atoms with Gasteiger partial charge in [0.05, 0.1) is 13.0 Å². The second kappa shape index (κ2) is 8.09. The van der Waals surface area contributed by atoms with E-state index in [1.807, 2.05) is 44.2 Å². The Hall–Kier alpha value is -1.06. The number of carbonyl (C=O) groups excluding carboxylic acids is 1. The molecule has 0 saturated heterocycles. The molecule has 3 nitrogen and oxygen atoms in total. The Morgan fingerprint density at radius 1 is 1.29 bits per heavy atom. The zero-order chi connectivity index (χ0) is 12.0. The van der Waals surface area contributed by atoms with Gasteiger partial charge in [-0.1, -0.05) is 44.2 Å². The first-order chi connectivity index (χ1) is 7.59. The minimum Gasteiger partial charge on any atom is -0.465 e. The summed E-state index contributed by atoms with van der Waals surface area (Å²) in [5, 5.41) is 0. The zero-order valence-electron chi connectivity index (χ0n) is 10.3. The molecule has 0 heterocycles. The minimum atomic E-state index is -0.277. The zero-order valence-corrected chi connectivity index (χ0v) is 11.1. The highest BCUT2D eigenvalue weighted by molar-refractivity contribution is 5.85. The van der Waals surface area contributed by atoms with Gasteiger partial charge in [-0.15, -0.1) is 12.4 Å². The lowest BCUT2D eigenvalue weighted by Gasteiger charge is -2.12. The van der Waals surface area contributed by atoms with E-state index >= 15 is 0 Å². The summed E-state index contributed by atoms with van der Waals surface area (Å²) >= 11 is 0. The Morgan fingerprint density at radius 2 is 1.88 bits per heavy atom. The Balaban J connectivity index is 0.00000256. The molecule has 0 aromatic heterocycles. The van der Waals surface area contributed by atoms with Crippen LogP contribution in [0.1, 0.15) is 31.9 Å². The fraction of sp³-hybridized carbons (Fsp3) is 0.462. The van der Waals surface area contributed by atoms with E-state index in [4.69, 9.17) is 10.5 Å². The van der Waals surface area contributed by atoms with Crippen LogP contribution in [-0.2, 0) is 9.53 Å². The van der Waals surface area contributed by atoms with E-state index < -0.39 is 0 Å². The van der Waals surface area contributed by atoms with Gasteiger partial charge in [0, 0.05) is 6.04 Å². The molecule has 0 saturated carbocycles. The van der Waals surface area contributed by atoms with E-state index in [0.717, 1.165) is 5.56 Å². The average molecular weight is 258 g/mol. The number of benzene rings is 1. The number of rotatable bonds is 5. The van der Waals surface area contributed by atoms with Crippen molar-refractivity contribution in [3.05, 3.63) is 35.9 Å². The molecule has 0 spiro atoms. The number of hydrogen-bond donors (Lipinski definition) is 1. The molecular weight excluding hydrogens is 238 g/mol. The maximum absolute atomic E-state index is 11.4. The molecule has 0 aliphatic rings. The van der Waals surface area contributed by atoms with E-state index in [1.165, 1.54) is 0 Å². The first-order valence-corrected chi connectivity index (χ1v) is 5.55. The van der Waals surface area contributed by atoms with Gasteiger partial charge >= 0.3 is 5.97 Å². The van der Waals surface area contributed by atoms with Gasteiger partial charge in [0.25, 0.3) is 0 Å². The number of hydrogen-bond acceptors (Lipinski definition) is 3. The predicted octanol–water partition coefficient (Wildman–Crippen LogP) is 2.70. The fourth-order valence-electron chi connectivity index (χ4n) is 1.32. The molecule has 0 aliphatic carbocycles. The predicted molar refractivity (Wildman–Crippen MR) is 71.0 cm³/mol. The summed E-state index contributed by atoms with van der Waals surface area (Å²) < 4.78 is 5.08. The van der Waals surface area contributed by atoms with E-state index in [1.54, 1.807) is 0 Å². The van der Waals surface area contributed by atoms with Crippen LogP contribution in [-0.4, -0.2) is 12.6 Å². The van der Waals surface area contributed by atoms with Crippen LogP contribution in [0.4, 0.5) is 0 Å². The van der Waals surface area contributed by atoms with Crippen LogP contribution in [0.5, 0.6) is 0 Å². The maximum Gasteiger partial charge on any atom is 0.307 e. The molecule has 1 aromatic rings. The van der Waals surface area contributed by atoms with E-state index in [9.17, 15) is 4.79 Å². The minimum absolute atomic E-state index is 0.